The number of fused-ring (bicyclic) bond motifs is 1. The van der Waals surface area contributed by atoms with Crippen molar-refractivity contribution < 1.29 is 16.8 Å². The molecule has 1 N–H and O–H groups in total. The van der Waals surface area contributed by atoms with Gasteiger partial charge >= 0.3 is 0 Å². The number of benzene rings is 2. The first-order valence-corrected chi connectivity index (χ1v) is 12.5. The Morgan fingerprint density at radius 1 is 1.11 bits per heavy atom. The second-order valence-corrected chi connectivity index (χ2v) is 11.0. The molecular weight excluding hydrogens is 420 g/mol. The molecule has 2 aromatic rings. The van der Waals surface area contributed by atoms with Crippen LogP contribution < -0.4 is 9.03 Å². The van der Waals surface area contributed by atoms with Crippen LogP contribution in [0.25, 0.3) is 0 Å². The summed E-state index contributed by atoms with van der Waals surface area (Å²) < 4.78 is 54.8. The summed E-state index contributed by atoms with van der Waals surface area (Å²) in [6.07, 6.45) is 2.02. The first-order chi connectivity index (χ1) is 13.1. The highest BCUT2D eigenvalue weighted by atomic mass is 35.5. The fourth-order valence-electron chi connectivity index (χ4n) is 3.34. The summed E-state index contributed by atoms with van der Waals surface area (Å²) >= 11 is 5.95. The molecule has 0 fully saturated rings. The molecule has 2 aromatic carbocycles. The molecule has 0 saturated carbocycles. The summed E-state index contributed by atoms with van der Waals surface area (Å²) in [6.45, 7) is 3.91. The Morgan fingerprint density at radius 3 is 2.57 bits per heavy atom. The minimum Gasteiger partial charge on any atom is -0.280 e. The Bertz CT molecular complexity index is 1100. The van der Waals surface area contributed by atoms with Gasteiger partial charge in [0.15, 0.2) is 0 Å². The van der Waals surface area contributed by atoms with E-state index in [4.69, 9.17) is 11.6 Å². The van der Waals surface area contributed by atoms with Crippen LogP contribution in [0.4, 0.5) is 11.4 Å². The highest BCUT2D eigenvalue weighted by Gasteiger charge is 2.27. The zero-order valence-electron chi connectivity index (χ0n) is 15.8. The molecule has 9 heteroatoms. The molecule has 1 aliphatic rings. The van der Waals surface area contributed by atoms with E-state index in [9.17, 15) is 16.8 Å². The number of hydrogen-bond donors (Lipinski definition) is 1. The molecule has 0 radical (unpaired) electrons. The Morgan fingerprint density at radius 2 is 1.86 bits per heavy atom. The molecule has 6 nitrogen and oxygen atoms in total. The minimum absolute atomic E-state index is 0.0596. The SMILES string of the molecule is CCCS(=O)(=O)N1CCCc2ccc(NS(=O)(=O)c3cc(Cl)ccc3C)cc21. The van der Waals surface area contributed by atoms with Gasteiger partial charge in [-0.25, -0.2) is 16.8 Å². The molecule has 0 spiro atoms. The zero-order chi connectivity index (χ0) is 20.5. The van der Waals surface area contributed by atoms with Crippen LogP contribution >= 0.6 is 11.6 Å². The van der Waals surface area contributed by atoms with Gasteiger partial charge in [-0.05, 0) is 61.6 Å². The third kappa shape index (κ3) is 4.29. The molecule has 0 saturated heterocycles. The third-order valence-electron chi connectivity index (χ3n) is 4.65. The van der Waals surface area contributed by atoms with Gasteiger partial charge in [-0.15, -0.1) is 0 Å². The fraction of sp³-hybridized carbons (Fsp3) is 0.368. The smallest absolute Gasteiger partial charge is 0.262 e. The van der Waals surface area contributed by atoms with Crippen molar-refractivity contribution in [2.24, 2.45) is 0 Å². The normalized spacial score (nSPS) is 14.6. The Kier molecular flexibility index (Phi) is 5.93. The summed E-state index contributed by atoms with van der Waals surface area (Å²) in [5, 5.41) is 0.327. The number of hydrogen-bond acceptors (Lipinski definition) is 4. The van der Waals surface area contributed by atoms with E-state index in [-0.39, 0.29) is 10.6 Å². The van der Waals surface area contributed by atoms with Crippen molar-refractivity contribution in [3.63, 3.8) is 0 Å². The second kappa shape index (κ2) is 7.93. The van der Waals surface area contributed by atoms with Crippen molar-refractivity contribution in [2.75, 3.05) is 21.3 Å². The topological polar surface area (TPSA) is 83.6 Å². The molecule has 152 valence electrons. The van der Waals surface area contributed by atoms with Crippen molar-refractivity contribution in [1.29, 1.82) is 0 Å². The maximum atomic E-state index is 12.8. The van der Waals surface area contributed by atoms with Gasteiger partial charge in [0.05, 0.1) is 22.0 Å². The summed E-state index contributed by atoms with van der Waals surface area (Å²) in [5.41, 5.74) is 2.33. The van der Waals surface area contributed by atoms with Gasteiger partial charge in [-0.1, -0.05) is 30.7 Å². The average molecular weight is 443 g/mol. The molecule has 0 aliphatic carbocycles. The minimum atomic E-state index is -3.86. The molecule has 0 aromatic heterocycles. The van der Waals surface area contributed by atoms with Crippen molar-refractivity contribution >= 4 is 43.0 Å². The molecule has 3 rings (SSSR count). The lowest BCUT2D eigenvalue weighted by Gasteiger charge is -2.31. The summed E-state index contributed by atoms with van der Waals surface area (Å²) in [4.78, 5) is 0.0909. The Labute approximate surface area is 171 Å². The van der Waals surface area contributed by atoms with Gasteiger partial charge < -0.3 is 0 Å². The number of nitrogens with one attached hydrogen (secondary N) is 1. The molecule has 28 heavy (non-hydrogen) atoms. The van der Waals surface area contributed by atoms with Crippen molar-refractivity contribution in [3.05, 3.63) is 52.5 Å². The van der Waals surface area contributed by atoms with Gasteiger partial charge in [0, 0.05) is 11.6 Å². The number of aryl methyl sites for hydroxylation is 2. The van der Waals surface area contributed by atoms with Gasteiger partial charge in [-0.3, -0.25) is 9.03 Å². The highest BCUT2D eigenvalue weighted by Crippen LogP contribution is 2.33. The van der Waals surface area contributed by atoms with E-state index in [2.05, 4.69) is 4.72 Å². The lowest BCUT2D eigenvalue weighted by molar-refractivity contribution is 0.585. The number of rotatable bonds is 6. The van der Waals surface area contributed by atoms with Crippen LogP contribution in [0.15, 0.2) is 41.3 Å². The van der Waals surface area contributed by atoms with Crippen molar-refractivity contribution in [3.8, 4) is 0 Å². The van der Waals surface area contributed by atoms with E-state index in [0.717, 1.165) is 18.4 Å². The van der Waals surface area contributed by atoms with Gasteiger partial charge in [0.1, 0.15) is 0 Å². The number of sulfonamides is 2. The third-order valence-corrected chi connectivity index (χ3v) is 8.38. The van der Waals surface area contributed by atoms with Crippen LogP contribution in [0.1, 0.15) is 30.9 Å². The summed E-state index contributed by atoms with van der Waals surface area (Å²) in [5.74, 6) is 0.0596. The monoisotopic (exact) mass is 442 g/mol. The standard InChI is InChI=1S/C19H23ClN2O4S2/c1-3-11-27(23,24)22-10-4-5-15-7-9-17(13-18(15)22)21-28(25,26)19-12-16(20)8-6-14(19)2/h6-9,12-13,21H,3-5,10-11H2,1-2H3. The first kappa shape index (κ1) is 21.0. The fourth-order valence-corrected chi connectivity index (χ4v) is 6.51. The maximum Gasteiger partial charge on any atom is 0.262 e. The van der Waals surface area contributed by atoms with E-state index in [0.29, 0.717) is 34.9 Å². The number of halogens is 1. The van der Waals surface area contributed by atoms with E-state index in [1.807, 2.05) is 6.92 Å². The number of nitrogens with zero attached hydrogens (tertiary/aromatic N) is 1. The highest BCUT2D eigenvalue weighted by molar-refractivity contribution is 7.93. The predicted octanol–water partition coefficient (Wildman–Crippen LogP) is 3.94. The molecule has 0 unspecified atom stereocenters. The van der Waals surface area contributed by atoms with Crippen molar-refractivity contribution in [1.82, 2.24) is 0 Å². The summed E-state index contributed by atoms with van der Waals surface area (Å²) in [6, 6.07) is 9.71. The maximum absolute atomic E-state index is 12.8. The molecule has 0 atom stereocenters. The average Bonchev–Trinajstić information content (AvgIpc) is 2.62. The second-order valence-electron chi connectivity index (χ2n) is 6.85. The molecule has 1 heterocycles. The Balaban J connectivity index is 1.98. The van der Waals surface area contributed by atoms with E-state index in [1.54, 1.807) is 37.3 Å². The molecule has 0 amide bonds. The van der Waals surface area contributed by atoms with Crippen LogP contribution in [-0.4, -0.2) is 29.1 Å². The molecular formula is C19H23ClN2O4S2. The van der Waals surface area contributed by atoms with Crippen molar-refractivity contribution in [2.45, 2.75) is 38.0 Å². The van der Waals surface area contributed by atoms with E-state index in [1.165, 1.54) is 10.4 Å². The van der Waals surface area contributed by atoms with E-state index >= 15 is 0 Å². The predicted molar refractivity (Wildman–Crippen MR) is 113 cm³/mol. The van der Waals surface area contributed by atoms with Crippen LogP contribution in [0.5, 0.6) is 0 Å². The molecule has 0 bridgehead atoms. The quantitative estimate of drug-likeness (QED) is 0.734. The van der Waals surface area contributed by atoms with Crippen LogP contribution in [-0.2, 0) is 26.5 Å². The number of anilines is 2. The van der Waals surface area contributed by atoms with Crippen LogP contribution in [0.3, 0.4) is 0 Å². The van der Waals surface area contributed by atoms with E-state index < -0.39 is 20.0 Å². The van der Waals surface area contributed by atoms with Crippen LogP contribution in [0.2, 0.25) is 5.02 Å². The lowest BCUT2D eigenvalue weighted by Crippen LogP contribution is -2.37. The Hall–Kier alpha value is -1.77. The lowest BCUT2D eigenvalue weighted by atomic mass is 10.0. The summed E-state index contributed by atoms with van der Waals surface area (Å²) in [7, 11) is -7.29. The van der Waals surface area contributed by atoms with Gasteiger partial charge in [0.25, 0.3) is 10.0 Å². The van der Waals surface area contributed by atoms with Gasteiger partial charge in [0.2, 0.25) is 10.0 Å². The van der Waals surface area contributed by atoms with Crippen LogP contribution in [0, 0.1) is 6.92 Å². The van der Waals surface area contributed by atoms with Gasteiger partial charge in [-0.2, -0.15) is 0 Å². The first-order valence-electron chi connectivity index (χ1n) is 9.06. The molecule has 1 aliphatic heterocycles. The zero-order valence-corrected chi connectivity index (χ0v) is 18.2. The largest absolute Gasteiger partial charge is 0.280 e.